The second-order valence-corrected chi connectivity index (χ2v) is 7.27. The first-order chi connectivity index (χ1) is 13.9. The molecule has 1 fully saturated rings. The minimum Gasteiger partial charge on any atom is -0.494 e. The SMILES string of the molecule is CCOc1ccc(NCCN2C3=NC4C(C(=O)NC(=O)N4C)N3C(C)=C2C)cc1. The van der Waals surface area contributed by atoms with Crippen molar-refractivity contribution in [3.8, 4) is 5.75 Å². The summed E-state index contributed by atoms with van der Waals surface area (Å²) in [6.07, 6.45) is -0.504. The van der Waals surface area contributed by atoms with Crippen LogP contribution in [0.15, 0.2) is 40.7 Å². The monoisotopic (exact) mass is 398 g/mol. The maximum atomic E-state index is 12.5. The molecule has 0 radical (unpaired) electrons. The van der Waals surface area contributed by atoms with E-state index in [2.05, 4.69) is 15.5 Å². The predicted octanol–water partition coefficient (Wildman–Crippen LogP) is 1.61. The number of carbonyl (C=O) groups is 2. The molecule has 1 saturated heterocycles. The number of urea groups is 1. The number of anilines is 1. The van der Waals surface area contributed by atoms with E-state index in [0.717, 1.165) is 28.8 Å². The summed E-state index contributed by atoms with van der Waals surface area (Å²) < 4.78 is 5.47. The number of fused-ring (bicyclic) bond motifs is 3. The number of allylic oxidation sites excluding steroid dienone is 2. The molecular weight excluding hydrogens is 372 g/mol. The summed E-state index contributed by atoms with van der Waals surface area (Å²) in [5, 5.41) is 5.82. The maximum Gasteiger partial charge on any atom is 0.325 e. The molecule has 1 aromatic carbocycles. The quantitative estimate of drug-likeness (QED) is 0.757. The van der Waals surface area contributed by atoms with Crippen LogP contribution in [-0.2, 0) is 4.79 Å². The highest BCUT2D eigenvalue weighted by Crippen LogP contribution is 2.35. The van der Waals surface area contributed by atoms with Crippen LogP contribution in [0.4, 0.5) is 10.5 Å². The van der Waals surface area contributed by atoms with Crippen LogP contribution >= 0.6 is 0 Å². The lowest BCUT2D eigenvalue weighted by atomic mass is 10.1. The van der Waals surface area contributed by atoms with Gasteiger partial charge in [-0.2, -0.15) is 0 Å². The van der Waals surface area contributed by atoms with Gasteiger partial charge in [-0.3, -0.25) is 15.0 Å². The lowest BCUT2D eigenvalue weighted by Crippen LogP contribution is -2.63. The first-order valence-corrected chi connectivity index (χ1v) is 9.78. The molecule has 3 heterocycles. The highest BCUT2D eigenvalue weighted by molar-refractivity contribution is 6.05. The van der Waals surface area contributed by atoms with Crippen LogP contribution in [0.5, 0.6) is 5.75 Å². The lowest BCUT2D eigenvalue weighted by Gasteiger charge is -2.35. The summed E-state index contributed by atoms with van der Waals surface area (Å²) >= 11 is 0. The van der Waals surface area contributed by atoms with E-state index < -0.39 is 18.2 Å². The number of hydrogen-bond donors (Lipinski definition) is 2. The van der Waals surface area contributed by atoms with Gasteiger partial charge in [0.15, 0.2) is 12.2 Å². The maximum absolute atomic E-state index is 12.5. The third kappa shape index (κ3) is 3.16. The summed E-state index contributed by atoms with van der Waals surface area (Å²) in [5.74, 6) is 1.26. The van der Waals surface area contributed by atoms with Gasteiger partial charge >= 0.3 is 6.03 Å². The number of aliphatic imine (C=N–C) groups is 1. The zero-order valence-corrected chi connectivity index (χ0v) is 17.1. The summed E-state index contributed by atoms with van der Waals surface area (Å²) in [5.41, 5.74) is 3.05. The molecule has 154 valence electrons. The zero-order valence-electron chi connectivity index (χ0n) is 17.1. The molecule has 3 amide bonds. The number of nitrogens with one attached hydrogen (secondary N) is 2. The van der Waals surface area contributed by atoms with Gasteiger partial charge in [-0.05, 0) is 45.0 Å². The van der Waals surface area contributed by atoms with Crippen molar-refractivity contribution in [2.24, 2.45) is 4.99 Å². The number of amides is 3. The molecule has 29 heavy (non-hydrogen) atoms. The normalized spacial score (nSPS) is 23.2. The number of nitrogens with zero attached hydrogens (tertiary/aromatic N) is 4. The van der Waals surface area contributed by atoms with Gasteiger partial charge in [-0.15, -0.1) is 0 Å². The lowest BCUT2D eigenvalue weighted by molar-refractivity contribution is -0.126. The molecule has 0 saturated carbocycles. The van der Waals surface area contributed by atoms with E-state index in [1.165, 1.54) is 4.90 Å². The number of hydrogen-bond acceptors (Lipinski definition) is 7. The summed E-state index contributed by atoms with van der Waals surface area (Å²) in [7, 11) is 1.66. The van der Waals surface area contributed by atoms with E-state index in [4.69, 9.17) is 9.73 Å². The van der Waals surface area contributed by atoms with Crippen molar-refractivity contribution in [3.05, 3.63) is 35.7 Å². The molecule has 9 nitrogen and oxygen atoms in total. The fourth-order valence-electron chi connectivity index (χ4n) is 3.94. The van der Waals surface area contributed by atoms with Crippen molar-refractivity contribution in [3.63, 3.8) is 0 Å². The van der Waals surface area contributed by atoms with Crippen LogP contribution in [0, 0.1) is 0 Å². The van der Waals surface area contributed by atoms with Gasteiger partial charge < -0.3 is 19.9 Å². The van der Waals surface area contributed by atoms with Crippen LogP contribution in [0.3, 0.4) is 0 Å². The Morgan fingerprint density at radius 1 is 1.17 bits per heavy atom. The van der Waals surface area contributed by atoms with Crippen molar-refractivity contribution in [2.45, 2.75) is 33.0 Å². The number of likely N-dealkylation sites (N-methyl/N-ethyl adjacent to an activating group) is 1. The fourth-order valence-corrected chi connectivity index (χ4v) is 3.94. The summed E-state index contributed by atoms with van der Waals surface area (Å²) in [6.45, 7) is 8.00. The molecule has 1 aromatic rings. The minimum atomic E-state index is -0.522. The summed E-state index contributed by atoms with van der Waals surface area (Å²) in [6, 6.07) is 6.92. The van der Waals surface area contributed by atoms with Gasteiger partial charge in [0.2, 0.25) is 5.96 Å². The Labute approximate surface area is 170 Å². The smallest absolute Gasteiger partial charge is 0.325 e. The van der Waals surface area contributed by atoms with Gasteiger partial charge in [0.05, 0.1) is 6.61 Å². The van der Waals surface area contributed by atoms with Gasteiger partial charge in [-0.1, -0.05) is 0 Å². The molecule has 0 bridgehead atoms. The molecule has 9 heteroatoms. The summed E-state index contributed by atoms with van der Waals surface area (Å²) in [4.78, 5) is 34.7. The highest BCUT2D eigenvalue weighted by atomic mass is 16.5. The number of imide groups is 1. The van der Waals surface area contributed by atoms with Crippen molar-refractivity contribution in [1.82, 2.24) is 20.0 Å². The molecule has 3 aliphatic rings. The van der Waals surface area contributed by atoms with E-state index in [9.17, 15) is 9.59 Å². The molecule has 4 rings (SSSR count). The Bertz CT molecular complexity index is 894. The van der Waals surface area contributed by atoms with Crippen LogP contribution in [0.25, 0.3) is 0 Å². The third-order valence-corrected chi connectivity index (χ3v) is 5.60. The van der Waals surface area contributed by atoms with E-state index in [1.807, 2.05) is 49.9 Å². The second-order valence-electron chi connectivity index (χ2n) is 7.27. The Morgan fingerprint density at radius 2 is 1.90 bits per heavy atom. The molecule has 0 aromatic heterocycles. The minimum absolute atomic E-state index is 0.307. The van der Waals surface area contributed by atoms with Crippen molar-refractivity contribution < 1.29 is 14.3 Å². The Kier molecular flexibility index (Phi) is 4.81. The number of benzene rings is 1. The number of ether oxygens (including phenoxy) is 1. The molecule has 2 N–H and O–H groups in total. The molecule has 3 aliphatic heterocycles. The number of carbonyl (C=O) groups excluding carboxylic acids is 2. The Morgan fingerprint density at radius 3 is 2.59 bits per heavy atom. The highest BCUT2D eigenvalue weighted by Gasteiger charge is 2.52. The second kappa shape index (κ2) is 7.31. The van der Waals surface area contributed by atoms with Gasteiger partial charge in [0.1, 0.15) is 5.75 Å². The first kappa shape index (κ1) is 19.1. The Hall–Kier alpha value is -3.23. The average molecular weight is 398 g/mol. The van der Waals surface area contributed by atoms with E-state index >= 15 is 0 Å². The largest absolute Gasteiger partial charge is 0.494 e. The molecule has 2 unspecified atom stereocenters. The van der Waals surface area contributed by atoms with Gasteiger partial charge in [0, 0.05) is 37.2 Å². The van der Waals surface area contributed by atoms with Gasteiger partial charge in [0.25, 0.3) is 5.91 Å². The average Bonchev–Trinajstić information content (AvgIpc) is 3.20. The Balaban J connectivity index is 1.45. The van der Waals surface area contributed by atoms with Crippen LogP contribution in [0.2, 0.25) is 0 Å². The standard InChI is InChI=1S/C20H26N6O3/c1-5-29-15-8-6-14(7-9-15)21-10-11-25-12(2)13(3)26-16-17(22-19(25)26)24(4)20(28)23-18(16)27/h6-9,16-17,21H,5,10-11H2,1-4H3,(H,23,27,28). The number of guanidine groups is 1. The van der Waals surface area contributed by atoms with Gasteiger partial charge in [-0.25, -0.2) is 9.79 Å². The molecular formula is C20H26N6O3. The molecule has 0 aliphatic carbocycles. The fraction of sp³-hybridized carbons (Fsp3) is 0.450. The molecule has 0 spiro atoms. The van der Waals surface area contributed by atoms with E-state index in [-0.39, 0.29) is 5.91 Å². The van der Waals surface area contributed by atoms with Crippen molar-refractivity contribution in [1.29, 1.82) is 0 Å². The topological polar surface area (TPSA) is 89.5 Å². The van der Waals surface area contributed by atoms with Crippen LogP contribution in [-0.4, -0.2) is 71.5 Å². The van der Waals surface area contributed by atoms with Crippen molar-refractivity contribution in [2.75, 3.05) is 32.1 Å². The molecule has 2 atom stereocenters. The van der Waals surface area contributed by atoms with Crippen LogP contribution in [0.1, 0.15) is 20.8 Å². The zero-order chi connectivity index (χ0) is 20.7. The van der Waals surface area contributed by atoms with Crippen LogP contribution < -0.4 is 15.4 Å². The van der Waals surface area contributed by atoms with E-state index in [1.54, 1.807) is 7.05 Å². The number of rotatable bonds is 6. The first-order valence-electron chi connectivity index (χ1n) is 9.78. The van der Waals surface area contributed by atoms with E-state index in [0.29, 0.717) is 19.7 Å². The third-order valence-electron chi connectivity index (χ3n) is 5.60. The predicted molar refractivity (Wildman–Crippen MR) is 109 cm³/mol. The van der Waals surface area contributed by atoms with Crippen molar-refractivity contribution >= 4 is 23.6 Å².